The third-order valence-electron chi connectivity index (χ3n) is 3.55. The van der Waals surface area contributed by atoms with Crippen molar-refractivity contribution in [2.45, 2.75) is 40.2 Å². The van der Waals surface area contributed by atoms with E-state index in [0.29, 0.717) is 17.3 Å². The van der Waals surface area contributed by atoms with Crippen LogP contribution in [0, 0.1) is 5.92 Å². The summed E-state index contributed by atoms with van der Waals surface area (Å²) in [6, 6.07) is 1.99. The molecule has 0 aliphatic rings. The van der Waals surface area contributed by atoms with Crippen molar-refractivity contribution in [2.75, 3.05) is 5.32 Å². The van der Waals surface area contributed by atoms with Gasteiger partial charge in [-0.15, -0.1) is 0 Å². The average Bonchev–Trinajstić information content (AvgIpc) is 2.94. The Kier molecular flexibility index (Phi) is 4.67. The highest BCUT2D eigenvalue weighted by molar-refractivity contribution is 6.03. The van der Waals surface area contributed by atoms with Crippen LogP contribution >= 0.6 is 0 Å². The van der Waals surface area contributed by atoms with Gasteiger partial charge in [0.05, 0.1) is 17.8 Å². The number of carbonyl (C=O) groups excluding carboxylic acids is 1. The number of nitrogens with zero attached hydrogens (tertiary/aromatic N) is 4. The monoisotopic (exact) mass is 287 g/mol. The third-order valence-corrected chi connectivity index (χ3v) is 3.55. The maximum absolute atomic E-state index is 12.2. The van der Waals surface area contributed by atoms with Crippen LogP contribution < -0.4 is 5.32 Å². The van der Waals surface area contributed by atoms with Crippen LogP contribution in [0.15, 0.2) is 24.7 Å². The molecule has 0 saturated heterocycles. The van der Waals surface area contributed by atoms with E-state index in [1.807, 2.05) is 11.6 Å². The first-order valence-electron chi connectivity index (χ1n) is 7.18. The van der Waals surface area contributed by atoms with Gasteiger partial charge in [-0.25, -0.2) is 14.6 Å². The standard InChI is InChI=1S/C15H21N5O/c1-5-13-16-8-12(9-17-13)15(21)19-14-6-7-18-20(14)11(4)10(2)3/h6-11H,5H2,1-4H3,(H,19,21)/t11-/m1/s1. The van der Waals surface area contributed by atoms with Crippen LogP contribution in [-0.4, -0.2) is 25.7 Å². The minimum absolute atomic E-state index is 0.203. The van der Waals surface area contributed by atoms with Crippen LogP contribution in [0.3, 0.4) is 0 Å². The molecule has 0 saturated carbocycles. The highest BCUT2D eigenvalue weighted by atomic mass is 16.1. The first-order chi connectivity index (χ1) is 10.0. The molecular weight excluding hydrogens is 266 g/mol. The van der Waals surface area contributed by atoms with Gasteiger partial charge in [-0.05, 0) is 12.8 Å². The van der Waals surface area contributed by atoms with Crippen molar-refractivity contribution in [3.05, 3.63) is 36.0 Å². The minimum Gasteiger partial charge on any atom is -0.307 e. The van der Waals surface area contributed by atoms with E-state index in [-0.39, 0.29) is 11.9 Å². The molecule has 6 heteroatoms. The lowest BCUT2D eigenvalue weighted by Gasteiger charge is -2.19. The van der Waals surface area contributed by atoms with Gasteiger partial charge in [-0.2, -0.15) is 5.10 Å². The fourth-order valence-electron chi connectivity index (χ4n) is 1.86. The second-order valence-corrected chi connectivity index (χ2v) is 5.34. The fourth-order valence-corrected chi connectivity index (χ4v) is 1.86. The molecule has 0 unspecified atom stereocenters. The average molecular weight is 287 g/mol. The Hall–Kier alpha value is -2.24. The second-order valence-electron chi connectivity index (χ2n) is 5.34. The summed E-state index contributed by atoms with van der Waals surface area (Å²) >= 11 is 0. The van der Waals surface area contributed by atoms with Crippen LogP contribution in [0.5, 0.6) is 0 Å². The van der Waals surface area contributed by atoms with E-state index in [9.17, 15) is 4.79 Å². The summed E-state index contributed by atoms with van der Waals surface area (Å²) < 4.78 is 1.82. The molecule has 0 aliphatic carbocycles. The summed E-state index contributed by atoms with van der Waals surface area (Å²) in [5, 5.41) is 7.14. The lowest BCUT2D eigenvalue weighted by atomic mass is 10.1. The van der Waals surface area contributed by atoms with Gasteiger partial charge in [0.25, 0.3) is 5.91 Å². The maximum atomic E-state index is 12.2. The summed E-state index contributed by atoms with van der Waals surface area (Å²) in [5.74, 6) is 1.61. The maximum Gasteiger partial charge on any atom is 0.259 e. The van der Waals surface area contributed by atoms with Crippen LogP contribution in [0.25, 0.3) is 0 Å². The number of nitrogens with one attached hydrogen (secondary N) is 1. The summed E-state index contributed by atoms with van der Waals surface area (Å²) in [5.41, 5.74) is 0.442. The number of aromatic nitrogens is 4. The molecule has 2 aromatic heterocycles. The van der Waals surface area contributed by atoms with Crippen molar-refractivity contribution in [1.29, 1.82) is 0 Å². The lowest BCUT2D eigenvalue weighted by Crippen LogP contribution is -2.20. The summed E-state index contributed by atoms with van der Waals surface area (Å²) in [7, 11) is 0. The number of hydrogen-bond acceptors (Lipinski definition) is 4. The predicted octanol–water partition coefficient (Wildman–Crippen LogP) is 2.70. The van der Waals surface area contributed by atoms with E-state index >= 15 is 0 Å². The van der Waals surface area contributed by atoms with Gasteiger partial charge in [0.1, 0.15) is 11.6 Å². The van der Waals surface area contributed by atoms with Crippen molar-refractivity contribution >= 4 is 11.7 Å². The molecule has 2 rings (SSSR count). The number of anilines is 1. The first kappa shape index (κ1) is 15.2. The molecule has 1 amide bonds. The zero-order chi connectivity index (χ0) is 15.4. The number of hydrogen-bond donors (Lipinski definition) is 1. The van der Waals surface area contributed by atoms with Crippen LogP contribution in [0.2, 0.25) is 0 Å². The van der Waals surface area contributed by atoms with E-state index in [2.05, 4.69) is 41.2 Å². The molecule has 0 bridgehead atoms. The highest BCUT2D eigenvalue weighted by Gasteiger charge is 2.16. The minimum atomic E-state index is -0.227. The Labute approximate surface area is 124 Å². The summed E-state index contributed by atoms with van der Waals surface area (Å²) in [6.45, 7) is 8.29. The fraction of sp³-hybridized carbons (Fsp3) is 0.467. The molecule has 112 valence electrons. The molecule has 2 heterocycles. The zero-order valence-corrected chi connectivity index (χ0v) is 12.9. The molecule has 1 atom stereocenters. The summed E-state index contributed by atoms with van der Waals surface area (Å²) in [4.78, 5) is 20.5. The van der Waals surface area contributed by atoms with E-state index < -0.39 is 0 Å². The smallest absolute Gasteiger partial charge is 0.259 e. The Bertz CT molecular complexity index is 603. The largest absolute Gasteiger partial charge is 0.307 e. The zero-order valence-electron chi connectivity index (χ0n) is 12.9. The van der Waals surface area contributed by atoms with E-state index in [1.54, 1.807) is 24.7 Å². The molecule has 21 heavy (non-hydrogen) atoms. The van der Waals surface area contributed by atoms with Crippen LogP contribution in [-0.2, 0) is 6.42 Å². The van der Waals surface area contributed by atoms with Crippen molar-refractivity contribution in [3.63, 3.8) is 0 Å². The van der Waals surface area contributed by atoms with Crippen molar-refractivity contribution in [2.24, 2.45) is 5.92 Å². The quantitative estimate of drug-likeness (QED) is 0.917. The van der Waals surface area contributed by atoms with Gasteiger partial charge < -0.3 is 5.32 Å². The van der Waals surface area contributed by atoms with Gasteiger partial charge in [0.2, 0.25) is 0 Å². The molecule has 0 spiro atoms. The van der Waals surface area contributed by atoms with Crippen molar-refractivity contribution < 1.29 is 4.79 Å². The van der Waals surface area contributed by atoms with Gasteiger partial charge in [0.15, 0.2) is 0 Å². The Morgan fingerprint density at radius 1 is 1.29 bits per heavy atom. The molecule has 0 aliphatic heterocycles. The van der Waals surface area contributed by atoms with E-state index in [0.717, 1.165) is 12.2 Å². The molecule has 0 fully saturated rings. The Morgan fingerprint density at radius 3 is 2.52 bits per heavy atom. The van der Waals surface area contributed by atoms with Crippen LogP contribution in [0.1, 0.15) is 49.9 Å². The van der Waals surface area contributed by atoms with Gasteiger partial charge >= 0.3 is 0 Å². The number of amides is 1. The Balaban J connectivity index is 2.14. The van der Waals surface area contributed by atoms with E-state index in [4.69, 9.17) is 0 Å². The lowest BCUT2D eigenvalue weighted by molar-refractivity contribution is 0.102. The van der Waals surface area contributed by atoms with Crippen molar-refractivity contribution in [3.8, 4) is 0 Å². The van der Waals surface area contributed by atoms with Gasteiger partial charge in [-0.1, -0.05) is 20.8 Å². The Morgan fingerprint density at radius 2 is 1.95 bits per heavy atom. The number of carbonyl (C=O) groups is 1. The first-order valence-corrected chi connectivity index (χ1v) is 7.18. The van der Waals surface area contributed by atoms with Crippen molar-refractivity contribution in [1.82, 2.24) is 19.7 Å². The van der Waals surface area contributed by atoms with Crippen LogP contribution in [0.4, 0.5) is 5.82 Å². The molecule has 1 N–H and O–H groups in total. The van der Waals surface area contributed by atoms with Gasteiger partial charge in [-0.3, -0.25) is 4.79 Å². The van der Waals surface area contributed by atoms with E-state index in [1.165, 1.54) is 0 Å². The number of rotatable bonds is 5. The molecular formula is C15H21N5O. The van der Waals surface area contributed by atoms with Gasteiger partial charge in [0, 0.05) is 24.9 Å². The molecule has 6 nitrogen and oxygen atoms in total. The normalized spacial score (nSPS) is 12.4. The molecule has 0 radical (unpaired) electrons. The third kappa shape index (κ3) is 3.45. The molecule has 0 aromatic carbocycles. The predicted molar refractivity (Wildman–Crippen MR) is 81.1 cm³/mol. The molecule has 2 aromatic rings. The topological polar surface area (TPSA) is 72.7 Å². The second kappa shape index (κ2) is 6.47. The SMILES string of the molecule is CCc1ncc(C(=O)Nc2ccnn2[C@H](C)C(C)C)cn1. The highest BCUT2D eigenvalue weighted by Crippen LogP contribution is 2.21. The number of aryl methyl sites for hydroxylation is 1. The summed E-state index contributed by atoms with van der Waals surface area (Å²) in [6.07, 6.45) is 5.53.